The summed E-state index contributed by atoms with van der Waals surface area (Å²) in [6.45, 7) is 5.83. The van der Waals surface area contributed by atoms with E-state index < -0.39 is 0 Å². The summed E-state index contributed by atoms with van der Waals surface area (Å²) in [6.07, 6.45) is 2.16. The Hall–Kier alpha value is -1.00. The van der Waals surface area contributed by atoms with Crippen LogP contribution in [0.25, 0.3) is 0 Å². The molecule has 0 saturated heterocycles. The van der Waals surface area contributed by atoms with E-state index in [9.17, 15) is 0 Å². The highest BCUT2D eigenvalue weighted by molar-refractivity contribution is 9.10. The highest BCUT2D eigenvalue weighted by Crippen LogP contribution is 2.33. The normalized spacial score (nSPS) is 10.1. The molecule has 0 aliphatic rings. The lowest BCUT2D eigenvalue weighted by Gasteiger charge is -2.12. The Morgan fingerprint density at radius 3 is 2.39 bits per heavy atom. The van der Waals surface area contributed by atoms with E-state index in [1.807, 2.05) is 12.1 Å². The van der Waals surface area contributed by atoms with Gasteiger partial charge in [0, 0.05) is 17.6 Å². The molecule has 4 heteroatoms. The molecule has 18 heavy (non-hydrogen) atoms. The molecular formula is C14H20BrNO2. The van der Waals surface area contributed by atoms with Crippen molar-refractivity contribution in [3.05, 3.63) is 33.8 Å². The summed E-state index contributed by atoms with van der Waals surface area (Å²) in [6, 6.07) is 3.91. The Bertz CT molecular complexity index is 426. The van der Waals surface area contributed by atoms with Gasteiger partial charge in [-0.05, 0) is 31.5 Å². The molecule has 1 rings (SSSR count). The summed E-state index contributed by atoms with van der Waals surface area (Å²) >= 11 is 3.54. The Morgan fingerprint density at radius 2 is 1.83 bits per heavy atom. The van der Waals surface area contributed by atoms with Crippen molar-refractivity contribution in [2.45, 2.75) is 20.4 Å². The van der Waals surface area contributed by atoms with Crippen LogP contribution in [0.1, 0.15) is 19.4 Å². The number of benzene rings is 1. The van der Waals surface area contributed by atoms with E-state index in [1.165, 1.54) is 5.57 Å². The lowest BCUT2D eigenvalue weighted by Crippen LogP contribution is -2.13. The molecule has 1 aromatic rings. The Morgan fingerprint density at radius 1 is 1.22 bits per heavy atom. The Labute approximate surface area is 117 Å². The standard InChI is InChI=1S/C14H20BrNO2/c1-10(2)5-6-16-9-11-7-13(17-3)14(18-4)8-12(11)15/h5,7-8,16H,6,9H2,1-4H3. The summed E-state index contributed by atoms with van der Waals surface area (Å²) in [5, 5.41) is 3.36. The maximum Gasteiger partial charge on any atom is 0.161 e. The van der Waals surface area contributed by atoms with Gasteiger partial charge in [0.05, 0.1) is 14.2 Å². The number of rotatable bonds is 6. The van der Waals surface area contributed by atoms with Gasteiger partial charge in [0.1, 0.15) is 0 Å². The van der Waals surface area contributed by atoms with Crippen LogP contribution in [0, 0.1) is 0 Å². The molecule has 0 aliphatic heterocycles. The molecule has 0 unspecified atom stereocenters. The van der Waals surface area contributed by atoms with Gasteiger partial charge in [-0.3, -0.25) is 0 Å². The monoisotopic (exact) mass is 313 g/mol. The molecule has 100 valence electrons. The molecule has 0 aromatic heterocycles. The lowest BCUT2D eigenvalue weighted by atomic mass is 10.2. The first-order valence-electron chi connectivity index (χ1n) is 5.83. The third-order valence-corrected chi connectivity index (χ3v) is 3.26. The van der Waals surface area contributed by atoms with Crippen molar-refractivity contribution in [3.8, 4) is 11.5 Å². The Kier molecular flexibility index (Phi) is 6.22. The fourth-order valence-corrected chi connectivity index (χ4v) is 1.98. The van der Waals surface area contributed by atoms with Gasteiger partial charge in [0.25, 0.3) is 0 Å². The second-order valence-corrected chi connectivity index (χ2v) is 5.07. The van der Waals surface area contributed by atoms with E-state index in [0.29, 0.717) is 0 Å². The molecule has 0 bridgehead atoms. The van der Waals surface area contributed by atoms with Gasteiger partial charge in [-0.1, -0.05) is 27.6 Å². The van der Waals surface area contributed by atoms with Crippen LogP contribution in [0.2, 0.25) is 0 Å². The molecule has 0 radical (unpaired) electrons. The second kappa shape index (κ2) is 7.44. The molecule has 3 nitrogen and oxygen atoms in total. The number of hydrogen-bond donors (Lipinski definition) is 1. The minimum absolute atomic E-state index is 0.734. The molecule has 0 fully saturated rings. The maximum atomic E-state index is 5.29. The zero-order chi connectivity index (χ0) is 13.5. The van der Waals surface area contributed by atoms with Gasteiger partial charge >= 0.3 is 0 Å². The van der Waals surface area contributed by atoms with Crippen molar-refractivity contribution in [2.75, 3.05) is 20.8 Å². The fraction of sp³-hybridized carbons (Fsp3) is 0.429. The van der Waals surface area contributed by atoms with Crippen LogP contribution in [0.3, 0.4) is 0 Å². The van der Waals surface area contributed by atoms with Gasteiger partial charge in [-0.15, -0.1) is 0 Å². The van der Waals surface area contributed by atoms with Gasteiger partial charge in [-0.2, -0.15) is 0 Å². The van der Waals surface area contributed by atoms with Crippen molar-refractivity contribution in [1.82, 2.24) is 5.32 Å². The van der Waals surface area contributed by atoms with E-state index in [4.69, 9.17) is 9.47 Å². The zero-order valence-electron chi connectivity index (χ0n) is 11.3. The number of ether oxygens (including phenoxy) is 2. The number of allylic oxidation sites excluding steroid dienone is 1. The maximum absolute atomic E-state index is 5.29. The number of hydrogen-bond acceptors (Lipinski definition) is 3. The van der Waals surface area contributed by atoms with Crippen LogP contribution in [0.5, 0.6) is 11.5 Å². The van der Waals surface area contributed by atoms with Crippen molar-refractivity contribution >= 4 is 15.9 Å². The molecule has 0 spiro atoms. The topological polar surface area (TPSA) is 30.5 Å². The molecule has 0 atom stereocenters. The average molecular weight is 314 g/mol. The number of methoxy groups -OCH3 is 2. The Balaban J connectivity index is 2.74. The number of nitrogens with one attached hydrogen (secondary N) is 1. The van der Waals surface area contributed by atoms with E-state index in [0.717, 1.165) is 34.6 Å². The van der Waals surface area contributed by atoms with E-state index >= 15 is 0 Å². The lowest BCUT2D eigenvalue weighted by molar-refractivity contribution is 0.354. The van der Waals surface area contributed by atoms with Crippen molar-refractivity contribution in [1.29, 1.82) is 0 Å². The minimum Gasteiger partial charge on any atom is -0.493 e. The molecule has 0 heterocycles. The van der Waals surface area contributed by atoms with Crippen molar-refractivity contribution in [2.24, 2.45) is 0 Å². The smallest absolute Gasteiger partial charge is 0.161 e. The van der Waals surface area contributed by atoms with E-state index in [-0.39, 0.29) is 0 Å². The predicted molar refractivity (Wildman–Crippen MR) is 78.4 cm³/mol. The van der Waals surface area contributed by atoms with Crippen LogP contribution in [0.15, 0.2) is 28.3 Å². The summed E-state index contributed by atoms with van der Waals surface area (Å²) in [7, 11) is 3.28. The van der Waals surface area contributed by atoms with Crippen LogP contribution in [-0.2, 0) is 6.54 Å². The first-order valence-corrected chi connectivity index (χ1v) is 6.62. The molecule has 0 aliphatic carbocycles. The highest BCUT2D eigenvalue weighted by Gasteiger charge is 2.08. The van der Waals surface area contributed by atoms with Crippen LogP contribution in [0.4, 0.5) is 0 Å². The van der Waals surface area contributed by atoms with Crippen molar-refractivity contribution < 1.29 is 9.47 Å². The third-order valence-electron chi connectivity index (χ3n) is 2.52. The zero-order valence-corrected chi connectivity index (χ0v) is 12.9. The van der Waals surface area contributed by atoms with Gasteiger partial charge in [0.15, 0.2) is 11.5 Å². The summed E-state index contributed by atoms with van der Waals surface area (Å²) in [5.41, 5.74) is 2.46. The first-order chi connectivity index (χ1) is 8.58. The molecule has 0 amide bonds. The van der Waals surface area contributed by atoms with Crippen LogP contribution in [-0.4, -0.2) is 20.8 Å². The number of halogens is 1. The van der Waals surface area contributed by atoms with Gasteiger partial charge in [-0.25, -0.2) is 0 Å². The van der Waals surface area contributed by atoms with Gasteiger partial charge < -0.3 is 14.8 Å². The molecule has 1 N–H and O–H groups in total. The molecule has 1 aromatic carbocycles. The van der Waals surface area contributed by atoms with Gasteiger partial charge in [0.2, 0.25) is 0 Å². The third kappa shape index (κ3) is 4.35. The highest BCUT2D eigenvalue weighted by atomic mass is 79.9. The van der Waals surface area contributed by atoms with Crippen LogP contribution < -0.4 is 14.8 Å². The molecular weight excluding hydrogens is 294 g/mol. The average Bonchev–Trinajstić information content (AvgIpc) is 2.35. The minimum atomic E-state index is 0.734. The summed E-state index contributed by atoms with van der Waals surface area (Å²) in [5.74, 6) is 1.48. The quantitative estimate of drug-likeness (QED) is 0.644. The predicted octanol–water partition coefficient (Wildman–Crippen LogP) is 3.52. The summed E-state index contributed by atoms with van der Waals surface area (Å²) < 4.78 is 11.6. The van der Waals surface area contributed by atoms with Crippen molar-refractivity contribution in [3.63, 3.8) is 0 Å². The van der Waals surface area contributed by atoms with E-state index in [1.54, 1.807) is 14.2 Å². The second-order valence-electron chi connectivity index (χ2n) is 4.21. The summed E-state index contributed by atoms with van der Waals surface area (Å²) in [4.78, 5) is 0. The largest absolute Gasteiger partial charge is 0.493 e. The molecule has 0 saturated carbocycles. The van der Waals surface area contributed by atoms with Crippen LogP contribution >= 0.6 is 15.9 Å². The first kappa shape index (κ1) is 15.1. The fourth-order valence-electron chi connectivity index (χ4n) is 1.51. The SMILES string of the molecule is COc1cc(Br)c(CNCC=C(C)C)cc1OC. The van der Waals surface area contributed by atoms with E-state index in [2.05, 4.69) is 41.2 Å².